The minimum absolute atomic E-state index is 0.147. The van der Waals surface area contributed by atoms with E-state index in [-0.39, 0.29) is 28.5 Å². The quantitative estimate of drug-likeness (QED) is 0.757. The summed E-state index contributed by atoms with van der Waals surface area (Å²) in [5.41, 5.74) is 0.665. The van der Waals surface area contributed by atoms with Gasteiger partial charge in [0.05, 0.1) is 6.10 Å². The first-order chi connectivity index (χ1) is 9.04. The van der Waals surface area contributed by atoms with Crippen molar-refractivity contribution in [3.63, 3.8) is 0 Å². The molecule has 19 heavy (non-hydrogen) atoms. The number of rotatable bonds is 4. The van der Waals surface area contributed by atoms with Crippen LogP contribution >= 0.6 is 23.2 Å². The van der Waals surface area contributed by atoms with Crippen LogP contribution in [0.2, 0.25) is 10.3 Å². The minimum Gasteiger partial charge on any atom is -0.508 e. The number of nitrogens with one attached hydrogen (secondary N) is 1. The van der Waals surface area contributed by atoms with Crippen LogP contribution < -0.4 is 5.32 Å². The van der Waals surface area contributed by atoms with Gasteiger partial charge in [-0.15, -0.1) is 0 Å². The standard InChI is InChI=1S/C12H11Cl2N3O2/c13-10-5-11(14)17-12(16-10)15-6-9(19)7-1-3-8(18)4-2-7/h1-5,9,18-19H,6H2,(H,15,16,17). The van der Waals surface area contributed by atoms with E-state index in [1.54, 1.807) is 12.1 Å². The Morgan fingerprint density at radius 1 is 1.11 bits per heavy atom. The Balaban J connectivity index is 1.99. The molecule has 0 amide bonds. The van der Waals surface area contributed by atoms with Gasteiger partial charge in [-0.1, -0.05) is 35.3 Å². The van der Waals surface area contributed by atoms with Gasteiger partial charge in [0.15, 0.2) is 0 Å². The van der Waals surface area contributed by atoms with Crippen LogP contribution in [0, 0.1) is 0 Å². The van der Waals surface area contributed by atoms with Crippen LogP contribution in [0.1, 0.15) is 11.7 Å². The fraction of sp³-hybridized carbons (Fsp3) is 0.167. The maximum Gasteiger partial charge on any atom is 0.225 e. The lowest BCUT2D eigenvalue weighted by atomic mass is 10.1. The highest BCUT2D eigenvalue weighted by atomic mass is 35.5. The Bertz CT molecular complexity index is 543. The topological polar surface area (TPSA) is 78.3 Å². The number of phenols is 1. The van der Waals surface area contributed by atoms with Gasteiger partial charge in [0, 0.05) is 12.6 Å². The van der Waals surface area contributed by atoms with Crippen molar-refractivity contribution in [2.75, 3.05) is 11.9 Å². The van der Waals surface area contributed by atoms with Crippen LogP contribution in [0.25, 0.3) is 0 Å². The number of hydrogen-bond acceptors (Lipinski definition) is 5. The summed E-state index contributed by atoms with van der Waals surface area (Å²) in [6, 6.07) is 7.70. The van der Waals surface area contributed by atoms with Crippen LogP contribution in [-0.2, 0) is 0 Å². The molecule has 0 aliphatic carbocycles. The second-order valence-electron chi connectivity index (χ2n) is 3.83. The van der Waals surface area contributed by atoms with Crippen molar-refractivity contribution < 1.29 is 10.2 Å². The zero-order valence-corrected chi connectivity index (χ0v) is 11.2. The molecule has 0 aliphatic heterocycles. The molecule has 1 heterocycles. The predicted molar refractivity (Wildman–Crippen MR) is 73.6 cm³/mol. The Hall–Kier alpha value is -1.56. The molecular weight excluding hydrogens is 289 g/mol. The van der Waals surface area contributed by atoms with Gasteiger partial charge in [0.1, 0.15) is 16.1 Å². The summed E-state index contributed by atoms with van der Waals surface area (Å²) >= 11 is 11.5. The Labute approximate surface area is 119 Å². The third kappa shape index (κ3) is 3.96. The van der Waals surface area contributed by atoms with E-state index < -0.39 is 6.10 Å². The average molecular weight is 300 g/mol. The highest BCUT2D eigenvalue weighted by molar-refractivity contribution is 6.33. The molecule has 1 aromatic carbocycles. The first kappa shape index (κ1) is 13.9. The van der Waals surface area contributed by atoms with Gasteiger partial charge in [0.25, 0.3) is 0 Å². The number of aliphatic hydroxyl groups is 1. The molecule has 7 heteroatoms. The number of nitrogens with zero attached hydrogens (tertiary/aromatic N) is 2. The molecule has 0 saturated heterocycles. The molecule has 0 fully saturated rings. The van der Waals surface area contributed by atoms with E-state index in [1.165, 1.54) is 18.2 Å². The number of hydrogen-bond donors (Lipinski definition) is 3. The van der Waals surface area contributed by atoms with Gasteiger partial charge in [-0.3, -0.25) is 0 Å². The lowest BCUT2D eigenvalue weighted by Gasteiger charge is -2.12. The highest BCUT2D eigenvalue weighted by Gasteiger charge is 2.09. The van der Waals surface area contributed by atoms with Gasteiger partial charge >= 0.3 is 0 Å². The van der Waals surface area contributed by atoms with E-state index in [0.717, 1.165) is 0 Å². The predicted octanol–water partition coefficient (Wildman–Crippen LogP) is 2.63. The molecule has 1 aromatic heterocycles. The van der Waals surface area contributed by atoms with Crippen LogP contribution in [0.3, 0.4) is 0 Å². The first-order valence-corrected chi connectivity index (χ1v) is 6.21. The fourth-order valence-electron chi connectivity index (χ4n) is 1.47. The maximum absolute atomic E-state index is 9.95. The van der Waals surface area contributed by atoms with Crippen LogP contribution in [0.4, 0.5) is 5.95 Å². The summed E-state index contributed by atoms with van der Waals surface area (Å²) in [4.78, 5) is 7.84. The third-order valence-corrected chi connectivity index (χ3v) is 2.78. The van der Waals surface area contributed by atoms with Crippen molar-refractivity contribution in [1.82, 2.24) is 9.97 Å². The summed E-state index contributed by atoms with van der Waals surface area (Å²) in [6.07, 6.45) is -0.762. The number of anilines is 1. The Kier molecular flexibility index (Phi) is 4.42. The van der Waals surface area contributed by atoms with E-state index in [4.69, 9.17) is 28.3 Å². The molecule has 0 saturated carbocycles. The summed E-state index contributed by atoms with van der Waals surface area (Å²) in [7, 11) is 0. The molecule has 1 atom stereocenters. The van der Waals surface area contributed by atoms with E-state index in [2.05, 4.69) is 15.3 Å². The van der Waals surface area contributed by atoms with Gasteiger partial charge in [-0.25, -0.2) is 9.97 Å². The molecule has 2 aromatic rings. The highest BCUT2D eigenvalue weighted by Crippen LogP contribution is 2.18. The van der Waals surface area contributed by atoms with Crippen molar-refractivity contribution in [2.45, 2.75) is 6.10 Å². The summed E-state index contributed by atoms with van der Waals surface area (Å²) in [5.74, 6) is 0.393. The molecule has 3 N–H and O–H groups in total. The Morgan fingerprint density at radius 2 is 1.68 bits per heavy atom. The van der Waals surface area contributed by atoms with E-state index in [0.29, 0.717) is 5.56 Å². The second-order valence-corrected chi connectivity index (χ2v) is 4.60. The molecule has 0 bridgehead atoms. The average Bonchev–Trinajstić information content (AvgIpc) is 2.36. The fourth-order valence-corrected chi connectivity index (χ4v) is 1.89. The largest absolute Gasteiger partial charge is 0.508 e. The van der Waals surface area contributed by atoms with E-state index >= 15 is 0 Å². The molecule has 2 rings (SSSR count). The summed E-state index contributed by atoms with van der Waals surface area (Å²) < 4.78 is 0. The third-order valence-electron chi connectivity index (χ3n) is 2.40. The second kappa shape index (κ2) is 6.06. The number of phenolic OH excluding ortho intramolecular Hbond substituents is 1. The lowest BCUT2D eigenvalue weighted by molar-refractivity contribution is 0.191. The van der Waals surface area contributed by atoms with Crippen LogP contribution in [-0.4, -0.2) is 26.7 Å². The number of aromatic nitrogens is 2. The summed E-state index contributed by atoms with van der Waals surface area (Å²) in [5, 5.41) is 22.4. The lowest BCUT2D eigenvalue weighted by Crippen LogP contribution is -2.13. The monoisotopic (exact) mass is 299 g/mol. The van der Waals surface area contributed by atoms with Crippen molar-refractivity contribution >= 4 is 29.2 Å². The number of aliphatic hydroxyl groups excluding tert-OH is 1. The number of aromatic hydroxyl groups is 1. The molecule has 0 spiro atoms. The molecule has 0 aliphatic rings. The van der Waals surface area contributed by atoms with Gasteiger partial charge in [-0.2, -0.15) is 0 Å². The van der Waals surface area contributed by atoms with Crippen molar-refractivity contribution in [3.05, 3.63) is 46.2 Å². The maximum atomic E-state index is 9.95. The van der Waals surface area contributed by atoms with E-state index in [1.807, 2.05) is 0 Å². The Morgan fingerprint density at radius 3 is 2.26 bits per heavy atom. The van der Waals surface area contributed by atoms with Crippen molar-refractivity contribution in [1.29, 1.82) is 0 Å². The van der Waals surface area contributed by atoms with Gasteiger partial charge in [0.2, 0.25) is 5.95 Å². The van der Waals surface area contributed by atoms with Gasteiger partial charge in [-0.05, 0) is 17.7 Å². The van der Waals surface area contributed by atoms with Gasteiger partial charge < -0.3 is 15.5 Å². The molecular formula is C12H11Cl2N3O2. The zero-order valence-electron chi connectivity index (χ0n) is 9.72. The van der Waals surface area contributed by atoms with Crippen molar-refractivity contribution in [2.24, 2.45) is 0 Å². The van der Waals surface area contributed by atoms with Crippen LogP contribution in [0.5, 0.6) is 5.75 Å². The minimum atomic E-state index is -0.762. The summed E-state index contributed by atoms with van der Waals surface area (Å²) in [6.45, 7) is 0.196. The molecule has 100 valence electrons. The van der Waals surface area contributed by atoms with Crippen molar-refractivity contribution in [3.8, 4) is 5.75 Å². The smallest absolute Gasteiger partial charge is 0.225 e. The normalized spacial score (nSPS) is 12.2. The first-order valence-electron chi connectivity index (χ1n) is 5.45. The molecule has 5 nitrogen and oxygen atoms in total. The zero-order chi connectivity index (χ0) is 13.8. The molecule has 1 unspecified atom stereocenters. The molecule has 0 radical (unpaired) electrons. The number of halogens is 2. The van der Waals surface area contributed by atoms with Crippen LogP contribution in [0.15, 0.2) is 30.3 Å². The van der Waals surface area contributed by atoms with E-state index in [9.17, 15) is 5.11 Å². The number of benzene rings is 1. The SMILES string of the molecule is Oc1ccc(C(O)CNc2nc(Cl)cc(Cl)n2)cc1.